The number of halogens is 3. The lowest BCUT2D eigenvalue weighted by molar-refractivity contribution is -0.141. The monoisotopic (exact) mass is 330 g/mol. The Kier molecular flexibility index (Phi) is 4.18. The van der Waals surface area contributed by atoms with Gasteiger partial charge in [-0.15, -0.1) is 0 Å². The number of aromatic nitrogens is 1. The number of H-pyrrole nitrogens is 1. The quantitative estimate of drug-likeness (QED) is 0.858. The summed E-state index contributed by atoms with van der Waals surface area (Å²) < 4.78 is 43.4. The van der Waals surface area contributed by atoms with Crippen LogP contribution in [0, 0.1) is 0 Å². The van der Waals surface area contributed by atoms with Crippen molar-refractivity contribution in [1.29, 1.82) is 0 Å². The van der Waals surface area contributed by atoms with Crippen molar-refractivity contribution in [2.24, 2.45) is 0 Å². The Bertz CT molecular complexity index is 654. The van der Waals surface area contributed by atoms with E-state index in [2.05, 4.69) is 0 Å². The van der Waals surface area contributed by atoms with Crippen molar-refractivity contribution in [3.8, 4) is 0 Å². The number of ether oxygens (including phenoxy) is 1. The van der Waals surface area contributed by atoms with E-state index in [1.807, 2.05) is 0 Å². The highest BCUT2D eigenvalue weighted by molar-refractivity contribution is 5.94. The number of fused-ring (bicyclic) bond motifs is 1. The third-order valence-electron chi connectivity index (χ3n) is 4.44. The summed E-state index contributed by atoms with van der Waals surface area (Å²) in [5.41, 5.74) is -2.43. The summed E-state index contributed by atoms with van der Waals surface area (Å²) in [6, 6.07) is 1.58. The van der Waals surface area contributed by atoms with Crippen LogP contribution in [0.2, 0.25) is 0 Å². The van der Waals surface area contributed by atoms with Gasteiger partial charge >= 0.3 is 6.18 Å². The molecule has 0 aromatic carbocycles. The molecule has 1 saturated heterocycles. The average molecular weight is 330 g/mol. The molecule has 2 aliphatic rings. The molecule has 0 bridgehead atoms. The van der Waals surface area contributed by atoms with Crippen LogP contribution in [0.25, 0.3) is 0 Å². The number of nitrogens with one attached hydrogen (secondary N) is 1. The number of alkyl halides is 3. The van der Waals surface area contributed by atoms with E-state index in [4.69, 9.17) is 4.74 Å². The minimum atomic E-state index is -4.64. The third kappa shape index (κ3) is 3.12. The lowest BCUT2D eigenvalue weighted by atomic mass is 9.90. The van der Waals surface area contributed by atoms with E-state index in [9.17, 15) is 22.8 Å². The number of morpholine rings is 1. The van der Waals surface area contributed by atoms with E-state index in [1.165, 1.54) is 0 Å². The van der Waals surface area contributed by atoms with Gasteiger partial charge in [0.15, 0.2) is 0 Å². The highest BCUT2D eigenvalue weighted by Crippen LogP contribution is 2.30. The molecule has 1 amide bonds. The Morgan fingerprint density at radius 3 is 2.70 bits per heavy atom. The van der Waals surface area contributed by atoms with E-state index in [1.54, 1.807) is 9.88 Å². The number of hydrogen-bond donors (Lipinski definition) is 1. The fourth-order valence-electron chi connectivity index (χ4n) is 3.31. The zero-order valence-corrected chi connectivity index (χ0v) is 12.4. The third-order valence-corrected chi connectivity index (χ3v) is 4.44. The summed E-state index contributed by atoms with van der Waals surface area (Å²) in [5, 5.41) is 0. The fraction of sp³-hybridized carbons (Fsp3) is 0.600. The van der Waals surface area contributed by atoms with Gasteiger partial charge in [-0.1, -0.05) is 12.8 Å². The average Bonchev–Trinajstić information content (AvgIpc) is 2.53. The van der Waals surface area contributed by atoms with E-state index in [0.29, 0.717) is 13.2 Å². The van der Waals surface area contributed by atoms with E-state index >= 15 is 0 Å². The number of amides is 1. The smallest absolute Gasteiger partial charge is 0.374 e. The van der Waals surface area contributed by atoms with Crippen LogP contribution >= 0.6 is 0 Å². The number of carbonyl (C=O) groups is 1. The first-order valence-electron chi connectivity index (χ1n) is 7.61. The molecule has 8 heteroatoms. The summed E-state index contributed by atoms with van der Waals surface area (Å²) in [5.74, 6) is -0.528. The van der Waals surface area contributed by atoms with Crippen LogP contribution < -0.4 is 5.56 Å². The summed E-state index contributed by atoms with van der Waals surface area (Å²) >= 11 is 0. The predicted molar refractivity (Wildman–Crippen MR) is 75.1 cm³/mol. The molecular formula is C15H17F3N2O3. The minimum absolute atomic E-state index is 0.0463. The lowest BCUT2D eigenvalue weighted by Crippen LogP contribution is -2.55. The number of rotatable bonds is 1. The molecular weight excluding hydrogens is 313 g/mol. The van der Waals surface area contributed by atoms with Crippen molar-refractivity contribution >= 4 is 5.91 Å². The SMILES string of the molecule is O=C(c1ccc(C(F)(F)F)[nH]c1=O)N1CCOC2CCCCC21. The largest absolute Gasteiger partial charge is 0.431 e. The Morgan fingerprint density at radius 1 is 1.26 bits per heavy atom. The maximum atomic E-state index is 12.6. The van der Waals surface area contributed by atoms with E-state index in [0.717, 1.165) is 37.8 Å². The van der Waals surface area contributed by atoms with Gasteiger partial charge < -0.3 is 14.6 Å². The van der Waals surface area contributed by atoms with Crippen LogP contribution in [0.15, 0.2) is 16.9 Å². The van der Waals surface area contributed by atoms with Gasteiger partial charge in [0.1, 0.15) is 11.3 Å². The molecule has 23 heavy (non-hydrogen) atoms. The first-order valence-corrected chi connectivity index (χ1v) is 7.61. The lowest BCUT2D eigenvalue weighted by Gasteiger charge is -2.43. The molecule has 5 nitrogen and oxygen atoms in total. The second-order valence-corrected chi connectivity index (χ2v) is 5.87. The predicted octanol–water partition coefficient (Wildman–Crippen LogP) is 2.18. The highest BCUT2D eigenvalue weighted by atomic mass is 19.4. The van der Waals surface area contributed by atoms with Gasteiger partial charge in [0.05, 0.1) is 18.8 Å². The van der Waals surface area contributed by atoms with Gasteiger partial charge in [-0.05, 0) is 25.0 Å². The molecule has 2 fully saturated rings. The zero-order chi connectivity index (χ0) is 16.6. The topological polar surface area (TPSA) is 62.4 Å². The summed E-state index contributed by atoms with van der Waals surface area (Å²) in [7, 11) is 0. The van der Waals surface area contributed by atoms with E-state index in [-0.39, 0.29) is 17.7 Å². The minimum Gasteiger partial charge on any atom is -0.374 e. The van der Waals surface area contributed by atoms with Crippen molar-refractivity contribution in [3.63, 3.8) is 0 Å². The van der Waals surface area contributed by atoms with Crippen LogP contribution in [0.1, 0.15) is 41.7 Å². The fourth-order valence-corrected chi connectivity index (χ4v) is 3.31. The first kappa shape index (κ1) is 16.0. The molecule has 3 rings (SSSR count). The van der Waals surface area contributed by atoms with Gasteiger partial charge in [0.25, 0.3) is 11.5 Å². The van der Waals surface area contributed by atoms with Crippen molar-refractivity contribution in [1.82, 2.24) is 9.88 Å². The maximum absolute atomic E-state index is 12.6. The molecule has 1 aromatic rings. The number of nitrogens with zero attached hydrogens (tertiary/aromatic N) is 1. The molecule has 2 unspecified atom stereocenters. The van der Waals surface area contributed by atoms with Crippen molar-refractivity contribution in [2.75, 3.05) is 13.2 Å². The summed E-state index contributed by atoms with van der Waals surface area (Å²) in [6.07, 6.45) is -1.04. The Hall–Kier alpha value is -1.83. The molecule has 1 aliphatic heterocycles. The standard InChI is InChI=1S/C15H17F3N2O3/c16-15(17,18)12-6-5-9(13(21)19-12)14(22)20-7-8-23-11-4-2-1-3-10(11)20/h5-6,10-11H,1-4,7-8H2,(H,19,21). The molecule has 1 saturated carbocycles. The maximum Gasteiger partial charge on any atom is 0.431 e. The normalized spacial score (nSPS) is 25.1. The van der Waals surface area contributed by atoms with Gasteiger partial charge in [-0.2, -0.15) is 13.2 Å². The van der Waals surface area contributed by atoms with Crippen LogP contribution in [0.4, 0.5) is 13.2 Å². The second kappa shape index (κ2) is 5.99. The van der Waals surface area contributed by atoms with Crippen LogP contribution in [-0.4, -0.2) is 41.1 Å². The number of carbonyl (C=O) groups excluding carboxylic acids is 1. The highest BCUT2D eigenvalue weighted by Gasteiger charge is 2.38. The molecule has 2 heterocycles. The Morgan fingerprint density at radius 2 is 2.00 bits per heavy atom. The first-order chi connectivity index (χ1) is 10.9. The zero-order valence-electron chi connectivity index (χ0n) is 12.4. The van der Waals surface area contributed by atoms with Crippen molar-refractivity contribution < 1.29 is 22.7 Å². The van der Waals surface area contributed by atoms with Gasteiger partial charge in [-0.3, -0.25) is 9.59 Å². The van der Waals surface area contributed by atoms with Crippen molar-refractivity contribution in [2.45, 2.75) is 44.0 Å². The van der Waals surface area contributed by atoms with Gasteiger partial charge in [0.2, 0.25) is 0 Å². The van der Waals surface area contributed by atoms with E-state index < -0.39 is 23.3 Å². The molecule has 0 radical (unpaired) electrons. The molecule has 1 aliphatic carbocycles. The van der Waals surface area contributed by atoms with Gasteiger partial charge in [0, 0.05) is 6.54 Å². The molecule has 2 atom stereocenters. The number of hydrogen-bond acceptors (Lipinski definition) is 3. The van der Waals surface area contributed by atoms with Crippen molar-refractivity contribution in [3.05, 3.63) is 33.7 Å². The number of aromatic amines is 1. The van der Waals surface area contributed by atoms with Gasteiger partial charge in [-0.25, -0.2) is 0 Å². The molecule has 1 N–H and O–H groups in total. The number of pyridine rings is 1. The molecule has 1 aromatic heterocycles. The Balaban J connectivity index is 1.86. The molecule has 126 valence electrons. The Labute approximate surface area is 130 Å². The van der Waals surface area contributed by atoms with Crippen LogP contribution in [-0.2, 0) is 10.9 Å². The molecule has 0 spiro atoms. The van der Waals surface area contributed by atoms with Crippen LogP contribution in [0.3, 0.4) is 0 Å². The summed E-state index contributed by atoms with van der Waals surface area (Å²) in [6.45, 7) is 0.728. The van der Waals surface area contributed by atoms with Crippen LogP contribution in [0.5, 0.6) is 0 Å². The summed E-state index contributed by atoms with van der Waals surface area (Å²) in [4.78, 5) is 27.8. The second-order valence-electron chi connectivity index (χ2n) is 5.87.